The maximum absolute atomic E-state index is 14.8. The number of anilines is 2. The Morgan fingerprint density at radius 1 is 1.08 bits per heavy atom. The molecular formula is C26H24F5N5O. The number of para-hydroxylation sites is 1. The van der Waals surface area contributed by atoms with Crippen LogP contribution in [0.3, 0.4) is 0 Å². The number of halogens is 5. The van der Waals surface area contributed by atoms with E-state index in [1.807, 2.05) is 11.9 Å². The van der Waals surface area contributed by atoms with Crippen LogP contribution in [-0.4, -0.2) is 40.9 Å². The SMILES string of the molecule is C[C@@H](Nc1ncnc2c1CN(c1ccccc1F)C(=O)C21CCN(C)C1)c1cccc(C(F)(F)F)c1F. The lowest BCUT2D eigenvalue weighted by Crippen LogP contribution is -2.53. The Bertz CT molecular complexity index is 1360. The fourth-order valence-corrected chi connectivity index (χ4v) is 5.31. The molecule has 0 saturated carbocycles. The van der Waals surface area contributed by atoms with E-state index >= 15 is 0 Å². The van der Waals surface area contributed by atoms with Crippen LogP contribution in [0.1, 0.15) is 41.8 Å². The first-order valence-electron chi connectivity index (χ1n) is 11.7. The lowest BCUT2D eigenvalue weighted by molar-refractivity contribution is -0.140. The van der Waals surface area contributed by atoms with Gasteiger partial charge >= 0.3 is 6.18 Å². The summed E-state index contributed by atoms with van der Waals surface area (Å²) in [5.41, 5.74) is -1.47. The Morgan fingerprint density at radius 3 is 2.51 bits per heavy atom. The number of likely N-dealkylation sites (tertiary alicyclic amines) is 1. The van der Waals surface area contributed by atoms with Crippen molar-refractivity contribution in [1.29, 1.82) is 0 Å². The van der Waals surface area contributed by atoms with Gasteiger partial charge in [-0.15, -0.1) is 0 Å². The number of aromatic nitrogens is 2. The quantitative estimate of drug-likeness (QED) is 0.490. The smallest absolute Gasteiger partial charge is 0.363 e. The minimum Gasteiger partial charge on any atom is -0.363 e. The molecule has 2 atom stereocenters. The number of likely N-dealkylation sites (N-methyl/N-ethyl adjacent to an activating group) is 1. The Balaban J connectivity index is 1.58. The number of nitrogens with zero attached hydrogens (tertiary/aromatic N) is 4. The molecule has 2 aliphatic heterocycles. The highest BCUT2D eigenvalue weighted by atomic mass is 19.4. The van der Waals surface area contributed by atoms with E-state index in [-0.39, 0.29) is 29.5 Å². The molecule has 2 aliphatic rings. The average Bonchev–Trinajstić information content (AvgIpc) is 3.24. The van der Waals surface area contributed by atoms with Crippen LogP contribution in [-0.2, 0) is 22.9 Å². The molecule has 37 heavy (non-hydrogen) atoms. The topological polar surface area (TPSA) is 61.4 Å². The van der Waals surface area contributed by atoms with Crippen LogP contribution in [0, 0.1) is 11.6 Å². The Morgan fingerprint density at radius 2 is 1.84 bits per heavy atom. The summed E-state index contributed by atoms with van der Waals surface area (Å²) in [7, 11) is 1.88. The van der Waals surface area contributed by atoms with Crippen molar-refractivity contribution >= 4 is 17.4 Å². The third-order valence-electron chi connectivity index (χ3n) is 7.13. The monoisotopic (exact) mass is 517 g/mol. The van der Waals surface area contributed by atoms with Crippen LogP contribution in [0.15, 0.2) is 48.8 Å². The minimum atomic E-state index is -4.84. The van der Waals surface area contributed by atoms with Crippen molar-refractivity contribution in [2.45, 2.75) is 37.5 Å². The fourth-order valence-electron chi connectivity index (χ4n) is 5.31. The van der Waals surface area contributed by atoms with Gasteiger partial charge in [0.05, 0.1) is 29.5 Å². The van der Waals surface area contributed by atoms with Gasteiger partial charge < -0.3 is 15.1 Å². The van der Waals surface area contributed by atoms with E-state index in [0.717, 1.165) is 6.07 Å². The first kappa shape index (κ1) is 25.1. The van der Waals surface area contributed by atoms with Gasteiger partial charge in [0.1, 0.15) is 29.2 Å². The second-order valence-corrected chi connectivity index (χ2v) is 9.53. The second kappa shape index (κ2) is 9.05. The van der Waals surface area contributed by atoms with Crippen LogP contribution < -0.4 is 10.2 Å². The summed E-state index contributed by atoms with van der Waals surface area (Å²) in [6.45, 7) is 2.45. The minimum absolute atomic E-state index is 0.0540. The number of amides is 1. The van der Waals surface area contributed by atoms with E-state index in [1.165, 1.54) is 42.4 Å². The van der Waals surface area contributed by atoms with Crippen LogP contribution in [0.25, 0.3) is 0 Å². The number of hydrogen-bond acceptors (Lipinski definition) is 5. The summed E-state index contributed by atoms with van der Waals surface area (Å²) in [6, 6.07) is 8.16. The lowest BCUT2D eigenvalue weighted by Gasteiger charge is -2.40. The van der Waals surface area contributed by atoms with Gasteiger partial charge in [-0.25, -0.2) is 18.7 Å². The summed E-state index contributed by atoms with van der Waals surface area (Å²) >= 11 is 0. The predicted molar refractivity (Wildman–Crippen MR) is 127 cm³/mol. The molecule has 6 nitrogen and oxygen atoms in total. The molecule has 3 heterocycles. The number of fused-ring (bicyclic) bond motifs is 2. The average molecular weight is 518 g/mol. The third kappa shape index (κ3) is 4.20. The zero-order valence-electron chi connectivity index (χ0n) is 20.1. The summed E-state index contributed by atoms with van der Waals surface area (Å²) in [6.07, 6.45) is -3.10. The van der Waals surface area contributed by atoms with Crippen molar-refractivity contribution < 1.29 is 26.7 Å². The zero-order valence-corrected chi connectivity index (χ0v) is 20.1. The van der Waals surface area contributed by atoms with Gasteiger partial charge in [0.15, 0.2) is 0 Å². The van der Waals surface area contributed by atoms with Crippen LogP contribution in [0.4, 0.5) is 33.5 Å². The number of alkyl halides is 3. The summed E-state index contributed by atoms with van der Waals surface area (Å²) in [4.78, 5) is 25.9. The van der Waals surface area contributed by atoms with Gasteiger partial charge in [-0.1, -0.05) is 24.3 Å². The van der Waals surface area contributed by atoms with Crippen LogP contribution in [0.5, 0.6) is 0 Å². The highest BCUT2D eigenvalue weighted by Crippen LogP contribution is 2.44. The number of carbonyl (C=O) groups excluding carboxylic acids is 1. The summed E-state index contributed by atoms with van der Waals surface area (Å²) < 4.78 is 69.4. The number of nitrogens with one attached hydrogen (secondary N) is 1. The van der Waals surface area contributed by atoms with Gasteiger partial charge in [-0.3, -0.25) is 4.79 Å². The van der Waals surface area contributed by atoms with Crippen molar-refractivity contribution in [1.82, 2.24) is 14.9 Å². The van der Waals surface area contributed by atoms with E-state index in [4.69, 9.17) is 0 Å². The molecule has 1 unspecified atom stereocenters. The van der Waals surface area contributed by atoms with Crippen LogP contribution >= 0.6 is 0 Å². The van der Waals surface area contributed by atoms with Gasteiger partial charge in [0.2, 0.25) is 5.91 Å². The highest BCUT2D eigenvalue weighted by molar-refractivity contribution is 6.03. The first-order chi connectivity index (χ1) is 17.5. The van der Waals surface area contributed by atoms with E-state index < -0.39 is 34.8 Å². The molecule has 1 spiro atoms. The molecule has 1 N–H and O–H groups in total. The maximum atomic E-state index is 14.8. The molecule has 5 rings (SSSR count). The van der Waals surface area contributed by atoms with Gasteiger partial charge in [0, 0.05) is 17.7 Å². The van der Waals surface area contributed by atoms with Gasteiger partial charge in [-0.05, 0) is 45.1 Å². The normalized spacial score (nSPS) is 20.8. The van der Waals surface area contributed by atoms with Gasteiger partial charge in [-0.2, -0.15) is 13.2 Å². The lowest BCUT2D eigenvalue weighted by atomic mass is 9.76. The molecule has 194 valence electrons. The number of hydrogen-bond donors (Lipinski definition) is 1. The summed E-state index contributed by atoms with van der Waals surface area (Å²) in [5, 5.41) is 3.02. The van der Waals surface area contributed by atoms with Crippen molar-refractivity contribution in [3.8, 4) is 0 Å². The van der Waals surface area contributed by atoms with E-state index in [9.17, 15) is 26.7 Å². The zero-order chi connectivity index (χ0) is 26.5. The predicted octanol–water partition coefficient (Wildman–Crippen LogP) is 5.07. The van der Waals surface area contributed by atoms with E-state index in [1.54, 1.807) is 6.07 Å². The largest absolute Gasteiger partial charge is 0.419 e. The number of carbonyl (C=O) groups is 1. The van der Waals surface area contributed by atoms with Crippen molar-refractivity contribution in [3.05, 3.63) is 82.8 Å². The molecule has 1 fully saturated rings. The Hall–Kier alpha value is -3.60. The molecular weight excluding hydrogens is 493 g/mol. The molecule has 0 aliphatic carbocycles. The maximum Gasteiger partial charge on any atom is 0.419 e. The third-order valence-corrected chi connectivity index (χ3v) is 7.13. The van der Waals surface area contributed by atoms with Crippen molar-refractivity contribution in [2.75, 3.05) is 30.4 Å². The van der Waals surface area contributed by atoms with Gasteiger partial charge in [0.25, 0.3) is 0 Å². The molecule has 1 saturated heterocycles. The Labute approximate surface area is 210 Å². The standard InChI is InChI=1S/C26H24F5N5O/c1-15(16-6-5-7-18(21(16)28)26(29,30)31)34-23-17-12-36(20-9-4-3-8-19(20)27)24(37)25(10-11-35(2)13-25)22(17)32-14-33-23/h3-9,14-15H,10-13H2,1-2H3,(H,32,33,34)/t15-,25?/m1/s1. The first-order valence-corrected chi connectivity index (χ1v) is 11.7. The van der Waals surface area contributed by atoms with Crippen molar-refractivity contribution in [3.63, 3.8) is 0 Å². The molecule has 2 aromatic carbocycles. The molecule has 0 radical (unpaired) electrons. The van der Waals surface area contributed by atoms with E-state index in [2.05, 4.69) is 15.3 Å². The Kier molecular flexibility index (Phi) is 6.13. The van der Waals surface area contributed by atoms with Crippen molar-refractivity contribution in [2.24, 2.45) is 0 Å². The molecule has 11 heteroatoms. The highest BCUT2D eigenvalue weighted by Gasteiger charge is 2.53. The number of rotatable bonds is 4. The van der Waals surface area contributed by atoms with Crippen LogP contribution in [0.2, 0.25) is 0 Å². The summed E-state index contributed by atoms with van der Waals surface area (Å²) in [5.74, 6) is -1.96. The van der Waals surface area contributed by atoms with E-state index in [0.29, 0.717) is 36.8 Å². The molecule has 1 amide bonds. The molecule has 1 aromatic heterocycles. The number of benzene rings is 2. The second-order valence-electron chi connectivity index (χ2n) is 9.53. The fraction of sp³-hybridized carbons (Fsp3) is 0.346. The molecule has 0 bridgehead atoms. The molecule has 3 aromatic rings.